The van der Waals surface area contributed by atoms with Crippen LogP contribution in [0.25, 0.3) is 0 Å². The van der Waals surface area contributed by atoms with Crippen LogP contribution >= 0.6 is 11.6 Å². The zero-order chi connectivity index (χ0) is 23.0. The molecule has 0 unspecified atom stereocenters. The van der Waals surface area contributed by atoms with Crippen molar-refractivity contribution in [3.8, 4) is 0 Å². The molecule has 0 saturated heterocycles. The summed E-state index contributed by atoms with van der Waals surface area (Å²) in [6, 6.07) is 0. The zero-order valence-corrected chi connectivity index (χ0v) is 19.2. The van der Waals surface area contributed by atoms with Gasteiger partial charge in [-0.25, -0.2) is 0 Å². The summed E-state index contributed by atoms with van der Waals surface area (Å²) in [5, 5.41) is 21.3. The van der Waals surface area contributed by atoms with Gasteiger partial charge in [0.2, 0.25) is 5.78 Å². The standard InChI is InChI=1S/C24H31ClO6/c1-13-9-18-17-6-5-15-10-16(28)7-8-21(15,3)23(17,25)19(29)11-22(18,4)24(13,20(30)12-26)31-14(2)27/h7-8,10,13,17-19,26,29H,5-6,9,11-12H2,1-4H3/t13-,17+,18+,19+,21+,22+,23+,24-/m1/s1. The summed E-state index contributed by atoms with van der Waals surface area (Å²) in [7, 11) is 0. The van der Waals surface area contributed by atoms with Gasteiger partial charge in [-0.2, -0.15) is 0 Å². The predicted octanol–water partition coefficient (Wildman–Crippen LogP) is 2.74. The van der Waals surface area contributed by atoms with Crippen molar-refractivity contribution in [2.45, 2.75) is 70.0 Å². The highest BCUT2D eigenvalue weighted by Gasteiger charge is 2.76. The molecule has 0 aliphatic heterocycles. The number of halogens is 1. The summed E-state index contributed by atoms with van der Waals surface area (Å²) in [4.78, 5) is 36.2. The largest absolute Gasteiger partial charge is 0.450 e. The van der Waals surface area contributed by atoms with E-state index < -0.39 is 45.8 Å². The molecule has 3 saturated carbocycles. The van der Waals surface area contributed by atoms with Crippen LogP contribution in [0.3, 0.4) is 0 Å². The zero-order valence-electron chi connectivity index (χ0n) is 18.5. The summed E-state index contributed by atoms with van der Waals surface area (Å²) < 4.78 is 5.77. The van der Waals surface area contributed by atoms with Crippen molar-refractivity contribution in [2.75, 3.05) is 6.61 Å². The van der Waals surface area contributed by atoms with Gasteiger partial charge >= 0.3 is 5.97 Å². The molecule has 2 N–H and O–H groups in total. The molecule has 4 aliphatic carbocycles. The Hall–Kier alpha value is -1.50. The van der Waals surface area contributed by atoms with E-state index in [9.17, 15) is 24.6 Å². The van der Waals surface area contributed by atoms with E-state index in [-0.39, 0.29) is 30.0 Å². The number of carbonyl (C=O) groups excluding carboxylic acids is 3. The van der Waals surface area contributed by atoms with E-state index in [2.05, 4.69) is 0 Å². The number of Topliss-reactive ketones (excluding diaryl/α,β-unsaturated/α-hetero) is 1. The van der Waals surface area contributed by atoms with E-state index in [1.807, 2.05) is 26.8 Å². The molecule has 0 heterocycles. The number of ketones is 2. The van der Waals surface area contributed by atoms with E-state index in [0.717, 1.165) is 5.57 Å². The Kier molecular flexibility index (Phi) is 5.12. The second-order valence-corrected chi connectivity index (χ2v) is 10.9. The Morgan fingerprint density at radius 2 is 1.97 bits per heavy atom. The summed E-state index contributed by atoms with van der Waals surface area (Å²) in [6.45, 7) is 6.28. The molecular weight excluding hydrogens is 420 g/mol. The Morgan fingerprint density at radius 3 is 2.58 bits per heavy atom. The number of esters is 1. The van der Waals surface area contributed by atoms with Gasteiger partial charge in [0.25, 0.3) is 0 Å². The Labute approximate surface area is 187 Å². The second-order valence-electron chi connectivity index (χ2n) is 10.3. The molecule has 4 rings (SSSR count). The minimum atomic E-state index is -1.51. The number of rotatable bonds is 3. The molecule has 0 aromatic carbocycles. The van der Waals surface area contributed by atoms with E-state index in [0.29, 0.717) is 19.3 Å². The van der Waals surface area contributed by atoms with Gasteiger partial charge < -0.3 is 14.9 Å². The number of hydrogen-bond donors (Lipinski definition) is 2. The molecule has 170 valence electrons. The first-order valence-corrected chi connectivity index (χ1v) is 11.4. The third-order valence-corrected chi connectivity index (χ3v) is 9.97. The van der Waals surface area contributed by atoms with Crippen molar-refractivity contribution < 1.29 is 29.3 Å². The summed E-state index contributed by atoms with van der Waals surface area (Å²) in [6.07, 6.45) is 6.08. The molecule has 7 heteroatoms. The fourth-order valence-corrected chi connectivity index (χ4v) is 8.27. The van der Waals surface area contributed by atoms with Crippen LogP contribution in [0.2, 0.25) is 0 Å². The molecule has 31 heavy (non-hydrogen) atoms. The number of aliphatic hydroxyl groups is 2. The number of ether oxygens (including phenoxy) is 1. The molecule has 0 aromatic heterocycles. The van der Waals surface area contributed by atoms with Crippen LogP contribution in [0.4, 0.5) is 0 Å². The van der Waals surface area contributed by atoms with Gasteiger partial charge in [-0.1, -0.05) is 32.4 Å². The van der Waals surface area contributed by atoms with E-state index in [4.69, 9.17) is 16.3 Å². The summed E-state index contributed by atoms with van der Waals surface area (Å²) >= 11 is 7.38. The third-order valence-electron chi connectivity index (χ3n) is 9.04. The van der Waals surface area contributed by atoms with Crippen LogP contribution in [0, 0.1) is 28.6 Å². The van der Waals surface area contributed by atoms with Crippen molar-refractivity contribution in [3.05, 3.63) is 23.8 Å². The molecule has 0 bridgehead atoms. The lowest BCUT2D eigenvalue weighted by Gasteiger charge is -2.64. The lowest BCUT2D eigenvalue weighted by molar-refractivity contribution is -0.201. The van der Waals surface area contributed by atoms with Crippen LogP contribution in [-0.4, -0.2) is 50.9 Å². The maximum Gasteiger partial charge on any atom is 0.303 e. The number of fused-ring (bicyclic) bond motifs is 5. The van der Waals surface area contributed by atoms with Gasteiger partial charge in [0, 0.05) is 23.7 Å². The van der Waals surface area contributed by atoms with Gasteiger partial charge in [0.1, 0.15) is 6.61 Å². The molecule has 0 aromatic rings. The lowest BCUT2D eigenvalue weighted by atomic mass is 9.45. The molecule has 0 amide bonds. The predicted molar refractivity (Wildman–Crippen MR) is 114 cm³/mol. The Bertz CT molecular complexity index is 910. The first-order valence-electron chi connectivity index (χ1n) is 11.0. The monoisotopic (exact) mass is 450 g/mol. The van der Waals surface area contributed by atoms with E-state index >= 15 is 0 Å². The van der Waals surface area contributed by atoms with Gasteiger partial charge in [-0.3, -0.25) is 14.4 Å². The average molecular weight is 451 g/mol. The molecule has 0 spiro atoms. The van der Waals surface area contributed by atoms with Crippen molar-refractivity contribution in [3.63, 3.8) is 0 Å². The quantitative estimate of drug-likeness (QED) is 0.506. The van der Waals surface area contributed by atoms with Crippen LogP contribution in [0.1, 0.15) is 53.4 Å². The topological polar surface area (TPSA) is 101 Å². The Morgan fingerprint density at radius 1 is 1.29 bits per heavy atom. The van der Waals surface area contributed by atoms with Gasteiger partial charge in [-0.05, 0) is 49.7 Å². The van der Waals surface area contributed by atoms with Gasteiger partial charge in [0.05, 0.1) is 11.0 Å². The molecular formula is C24H31ClO6. The van der Waals surface area contributed by atoms with E-state index in [1.54, 1.807) is 6.08 Å². The molecule has 0 radical (unpaired) electrons. The van der Waals surface area contributed by atoms with Crippen molar-refractivity contribution in [1.29, 1.82) is 0 Å². The van der Waals surface area contributed by atoms with Gasteiger partial charge in [-0.15, -0.1) is 11.6 Å². The summed E-state index contributed by atoms with van der Waals surface area (Å²) in [5.74, 6) is -1.76. The third kappa shape index (κ3) is 2.61. The number of carbonyl (C=O) groups is 3. The fourth-order valence-electron chi connectivity index (χ4n) is 7.74. The highest BCUT2D eigenvalue weighted by Crippen LogP contribution is 2.72. The molecule has 6 nitrogen and oxygen atoms in total. The first-order chi connectivity index (χ1) is 14.4. The Balaban J connectivity index is 1.86. The molecule has 8 atom stereocenters. The van der Waals surface area contributed by atoms with Crippen LogP contribution in [-0.2, 0) is 19.1 Å². The number of hydrogen-bond acceptors (Lipinski definition) is 6. The van der Waals surface area contributed by atoms with Crippen molar-refractivity contribution in [2.24, 2.45) is 28.6 Å². The van der Waals surface area contributed by atoms with Crippen LogP contribution < -0.4 is 0 Å². The van der Waals surface area contributed by atoms with Crippen molar-refractivity contribution >= 4 is 29.1 Å². The fraction of sp³-hybridized carbons (Fsp3) is 0.708. The minimum absolute atomic E-state index is 0.0711. The second kappa shape index (κ2) is 7.00. The maximum atomic E-state index is 13.1. The van der Waals surface area contributed by atoms with Crippen molar-refractivity contribution in [1.82, 2.24) is 0 Å². The van der Waals surface area contributed by atoms with E-state index in [1.165, 1.54) is 13.0 Å². The molecule has 3 fully saturated rings. The molecule has 4 aliphatic rings. The average Bonchev–Trinajstić information content (AvgIpc) is 2.90. The highest BCUT2D eigenvalue weighted by molar-refractivity contribution is 6.26. The highest BCUT2D eigenvalue weighted by atomic mass is 35.5. The minimum Gasteiger partial charge on any atom is -0.450 e. The summed E-state index contributed by atoms with van der Waals surface area (Å²) in [5.41, 5.74) is -2.14. The lowest BCUT2D eigenvalue weighted by Crippen LogP contribution is -2.69. The number of aliphatic hydroxyl groups excluding tert-OH is 2. The first kappa shape index (κ1) is 22.7. The van der Waals surface area contributed by atoms with Crippen LogP contribution in [0.5, 0.6) is 0 Å². The van der Waals surface area contributed by atoms with Crippen LogP contribution in [0.15, 0.2) is 23.8 Å². The number of allylic oxidation sites excluding steroid dienone is 4. The SMILES string of the molecule is CC(=O)O[C@@]1(C(=O)CO)[C@H](C)C[C@H]2[C@@H]3CCC4=CC(=O)C=C[C@]4(C)[C@@]3(Cl)[C@@H](O)C[C@@]21C. The van der Waals surface area contributed by atoms with Gasteiger partial charge in [0.15, 0.2) is 11.4 Å². The smallest absolute Gasteiger partial charge is 0.303 e. The maximum absolute atomic E-state index is 13.1. The number of alkyl halides is 1. The normalized spacial score (nSPS) is 48.4.